The van der Waals surface area contributed by atoms with Gasteiger partial charge in [0, 0.05) is 35.1 Å². The van der Waals surface area contributed by atoms with Crippen LogP contribution in [0.15, 0.2) is 0 Å². The molecule has 1 radical (unpaired) electrons. The fourth-order valence-electron chi connectivity index (χ4n) is 0. The quantitative estimate of drug-likeness (QED) is 0.583. The largest absolute Gasteiger partial charge is 0.481 e. The van der Waals surface area contributed by atoms with Gasteiger partial charge in [0.25, 0.3) is 5.97 Å². The Labute approximate surface area is 90.5 Å². The summed E-state index contributed by atoms with van der Waals surface area (Å²) >= 11 is 0. The van der Waals surface area contributed by atoms with Crippen LogP contribution >= 0.6 is 0 Å². The summed E-state index contributed by atoms with van der Waals surface area (Å²) in [7, 11) is 0. The van der Waals surface area contributed by atoms with Crippen molar-refractivity contribution in [1.82, 2.24) is 0 Å². The van der Waals surface area contributed by atoms with Gasteiger partial charge in [-0.3, -0.25) is 4.79 Å². The molecule has 0 rings (SSSR count). The molecular weight excluding hydrogens is 220 g/mol. The smallest absolute Gasteiger partial charge is 0.300 e. The second-order valence-electron chi connectivity index (χ2n) is 3.96. The molecule has 0 fully saturated rings. The van der Waals surface area contributed by atoms with Crippen LogP contribution in [0.25, 0.3) is 0 Å². The van der Waals surface area contributed by atoms with Crippen molar-refractivity contribution in [3.05, 3.63) is 0 Å². The first-order chi connectivity index (χ1) is 4.98. The molecule has 0 saturated heterocycles. The molecule has 0 unspecified atom stereocenters. The van der Waals surface area contributed by atoms with Crippen molar-refractivity contribution in [2.75, 3.05) is 0 Å². The van der Waals surface area contributed by atoms with E-state index in [1.807, 2.05) is 27.7 Å². The van der Waals surface area contributed by atoms with Gasteiger partial charge >= 0.3 is 0 Å². The summed E-state index contributed by atoms with van der Waals surface area (Å²) in [6, 6.07) is 0. The zero-order chi connectivity index (χ0) is 10.6. The monoisotopic (exact) mass is 239 g/mol. The molecule has 0 aliphatic heterocycles. The molecule has 13 heavy (non-hydrogen) atoms. The Morgan fingerprint density at radius 1 is 1.08 bits per heavy atom. The molecule has 0 bridgehead atoms. The second kappa shape index (κ2) is 6.38. The molecule has 0 aromatic rings. The summed E-state index contributed by atoms with van der Waals surface area (Å²) in [6.07, 6.45) is 0. The van der Waals surface area contributed by atoms with Crippen molar-refractivity contribution in [2.24, 2.45) is 11.5 Å². The van der Waals surface area contributed by atoms with E-state index in [9.17, 15) is 0 Å². The van der Waals surface area contributed by atoms with Crippen molar-refractivity contribution in [3.8, 4) is 0 Å². The average molecular weight is 240 g/mol. The summed E-state index contributed by atoms with van der Waals surface area (Å²) in [5, 5.41) is 7.42. The maximum Gasteiger partial charge on any atom is 0.300 e. The number of hydrogen-bond acceptors (Lipinski definition) is 3. The standard InChI is InChI=1S/C6H16N2.C2H4O2.Cu/c1-5(2,7)6(3,4)8;1-2(3)4;/h7-8H2,1-4H3;1H3,(H,3,4);. The number of aliphatic carboxylic acids is 1. The van der Waals surface area contributed by atoms with Crippen LogP contribution in [0.5, 0.6) is 0 Å². The van der Waals surface area contributed by atoms with Crippen molar-refractivity contribution >= 4 is 5.97 Å². The summed E-state index contributed by atoms with van der Waals surface area (Å²) in [5.74, 6) is -0.833. The van der Waals surface area contributed by atoms with E-state index < -0.39 is 5.97 Å². The molecule has 0 spiro atoms. The summed E-state index contributed by atoms with van der Waals surface area (Å²) < 4.78 is 0. The Morgan fingerprint density at radius 2 is 1.15 bits per heavy atom. The number of rotatable bonds is 1. The molecule has 0 atom stereocenters. The molecule has 4 nitrogen and oxygen atoms in total. The molecule has 0 amide bonds. The van der Waals surface area contributed by atoms with Crippen molar-refractivity contribution in [2.45, 2.75) is 45.7 Å². The first kappa shape index (κ1) is 18.6. The molecule has 0 aliphatic carbocycles. The van der Waals surface area contributed by atoms with Gasteiger partial charge in [-0.1, -0.05) is 0 Å². The number of carboxylic acid groups (broad SMARTS) is 1. The Balaban J connectivity index is -0.000000173. The van der Waals surface area contributed by atoms with Crippen molar-refractivity contribution in [1.29, 1.82) is 0 Å². The van der Waals surface area contributed by atoms with Crippen molar-refractivity contribution in [3.63, 3.8) is 0 Å². The van der Waals surface area contributed by atoms with Gasteiger partial charge in [-0.25, -0.2) is 0 Å². The van der Waals surface area contributed by atoms with Gasteiger partial charge in [-0.05, 0) is 27.7 Å². The van der Waals surface area contributed by atoms with E-state index in [0.29, 0.717) is 0 Å². The van der Waals surface area contributed by atoms with E-state index in [0.717, 1.165) is 6.92 Å². The minimum absolute atomic E-state index is 0. The third-order valence-electron chi connectivity index (χ3n) is 1.66. The van der Waals surface area contributed by atoms with Gasteiger partial charge < -0.3 is 16.6 Å². The van der Waals surface area contributed by atoms with Crippen LogP contribution in [-0.4, -0.2) is 22.2 Å². The third-order valence-corrected chi connectivity index (χ3v) is 1.66. The summed E-state index contributed by atoms with van der Waals surface area (Å²) in [4.78, 5) is 9.00. The van der Waals surface area contributed by atoms with E-state index in [2.05, 4.69) is 0 Å². The molecule has 5 heteroatoms. The zero-order valence-electron chi connectivity index (χ0n) is 8.81. The van der Waals surface area contributed by atoms with E-state index in [1.54, 1.807) is 0 Å². The number of carboxylic acids is 1. The van der Waals surface area contributed by atoms with E-state index in [4.69, 9.17) is 21.4 Å². The zero-order valence-corrected chi connectivity index (χ0v) is 9.75. The molecule has 0 aliphatic rings. The van der Waals surface area contributed by atoms with Gasteiger partial charge in [0.2, 0.25) is 0 Å². The molecular formula is C8H20CuN2O2. The fourth-order valence-corrected chi connectivity index (χ4v) is 0. The van der Waals surface area contributed by atoms with E-state index in [1.165, 1.54) is 0 Å². The fraction of sp³-hybridized carbons (Fsp3) is 0.875. The number of nitrogens with two attached hydrogens (primary N) is 2. The summed E-state index contributed by atoms with van der Waals surface area (Å²) in [5.41, 5.74) is 10.8. The Hall–Kier alpha value is -0.0905. The number of hydrogen-bond donors (Lipinski definition) is 3. The Bertz CT molecular complexity index is 131. The third kappa shape index (κ3) is 14.7. The first-order valence-corrected chi connectivity index (χ1v) is 3.76. The first-order valence-electron chi connectivity index (χ1n) is 3.76. The van der Waals surface area contributed by atoms with E-state index >= 15 is 0 Å². The summed E-state index contributed by atoms with van der Waals surface area (Å²) in [6.45, 7) is 8.78. The number of carbonyl (C=O) groups is 1. The van der Waals surface area contributed by atoms with Crippen LogP contribution < -0.4 is 11.5 Å². The van der Waals surface area contributed by atoms with Gasteiger partial charge in [0.1, 0.15) is 0 Å². The van der Waals surface area contributed by atoms with Gasteiger partial charge in [0.15, 0.2) is 0 Å². The normalized spacial score (nSPS) is 10.7. The molecule has 0 aromatic carbocycles. The maximum atomic E-state index is 9.00. The van der Waals surface area contributed by atoms with Crippen LogP contribution in [0.3, 0.4) is 0 Å². The van der Waals surface area contributed by atoms with Crippen molar-refractivity contribution < 1.29 is 27.0 Å². The molecule has 0 heterocycles. The van der Waals surface area contributed by atoms with Crippen LogP contribution in [0.1, 0.15) is 34.6 Å². The minimum atomic E-state index is -0.833. The van der Waals surface area contributed by atoms with Crippen LogP contribution in [0.4, 0.5) is 0 Å². The average Bonchev–Trinajstić information content (AvgIpc) is 1.55. The Kier molecular flexibility index (Phi) is 9.15. The van der Waals surface area contributed by atoms with Crippen LogP contribution in [0.2, 0.25) is 0 Å². The van der Waals surface area contributed by atoms with Crippen LogP contribution in [-0.2, 0) is 21.9 Å². The SMILES string of the molecule is CC(=O)O.CC(C)(N)C(C)(C)N.[Cu]. The van der Waals surface area contributed by atoms with Gasteiger partial charge in [0.05, 0.1) is 0 Å². The van der Waals surface area contributed by atoms with E-state index in [-0.39, 0.29) is 28.1 Å². The second-order valence-corrected chi connectivity index (χ2v) is 3.96. The molecule has 0 saturated carbocycles. The topological polar surface area (TPSA) is 89.3 Å². The van der Waals surface area contributed by atoms with Crippen LogP contribution in [0, 0.1) is 0 Å². The molecule has 5 N–H and O–H groups in total. The predicted molar refractivity (Wildman–Crippen MR) is 49.8 cm³/mol. The minimum Gasteiger partial charge on any atom is -0.481 e. The maximum absolute atomic E-state index is 9.00. The Morgan fingerprint density at radius 3 is 1.15 bits per heavy atom. The molecule has 0 aromatic heterocycles. The van der Waals surface area contributed by atoms with Gasteiger partial charge in [-0.2, -0.15) is 0 Å². The molecule has 85 valence electrons. The predicted octanol–water partition coefficient (Wildman–Crippen LogP) is 0.549. The van der Waals surface area contributed by atoms with Gasteiger partial charge in [-0.15, -0.1) is 0 Å².